The molecule has 2 aromatic carbocycles. The number of amides is 1. The smallest absolute Gasteiger partial charge is 0.267 e. The van der Waals surface area contributed by atoms with Gasteiger partial charge in [-0.1, -0.05) is 51.1 Å². The van der Waals surface area contributed by atoms with Crippen LogP contribution in [0.2, 0.25) is 0 Å². The first-order valence-corrected chi connectivity index (χ1v) is 7.46. The molecular weight excluding hydrogens is 306 g/mol. The zero-order valence-electron chi connectivity index (χ0n) is 13.8. The summed E-state index contributed by atoms with van der Waals surface area (Å²) in [6.45, 7) is 6.40. The van der Waals surface area contributed by atoms with Crippen LogP contribution in [0.4, 0.5) is 5.69 Å². The number of hydrazone groups is 1. The second-order valence-electron chi connectivity index (χ2n) is 6.38. The third-order valence-electron chi connectivity index (χ3n) is 3.48. The molecule has 6 heteroatoms. The maximum absolute atomic E-state index is 11.9. The molecule has 0 atom stereocenters. The maximum atomic E-state index is 11.9. The molecule has 6 nitrogen and oxygen atoms in total. The topological polar surface area (TPSA) is 84.6 Å². The number of carbonyl (C=O) groups excluding carboxylic acids is 1. The van der Waals surface area contributed by atoms with Gasteiger partial charge >= 0.3 is 0 Å². The fourth-order valence-electron chi connectivity index (χ4n) is 2.06. The highest BCUT2D eigenvalue weighted by Crippen LogP contribution is 2.21. The second kappa shape index (κ2) is 7.04. The van der Waals surface area contributed by atoms with E-state index in [-0.39, 0.29) is 16.7 Å². The Bertz CT molecular complexity index is 775. The van der Waals surface area contributed by atoms with Crippen molar-refractivity contribution in [3.63, 3.8) is 0 Å². The highest BCUT2D eigenvalue weighted by Gasteiger charge is 2.13. The predicted octanol–water partition coefficient (Wildman–Crippen LogP) is 3.66. The van der Waals surface area contributed by atoms with Crippen LogP contribution in [0.15, 0.2) is 53.6 Å². The largest absolute Gasteiger partial charge is 0.271 e. The molecule has 0 fully saturated rings. The zero-order chi connectivity index (χ0) is 17.7. The fraction of sp³-hybridized carbons (Fsp3) is 0.222. The van der Waals surface area contributed by atoms with Gasteiger partial charge in [-0.15, -0.1) is 0 Å². The molecule has 0 aromatic heterocycles. The lowest BCUT2D eigenvalue weighted by Gasteiger charge is -2.18. The summed E-state index contributed by atoms with van der Waals surface area (Å²) in [4.78, 5) is 22.1. The average Bonchev–Trinajstić information content (AvgIpc) is 2.54. The molecule has 2 rings (SSSR count). The Morgan fingerprint density at radius 2 is 1.83 bits per heavy atom. The Kier molecular flexibility index (Phi) is 5.08. The molecule has 0 saturated heterocycles. The quantitative estimate of drug-likeness (QED) is 0.529. The van der Waals surface area contributed by atoms with Gasteiger partial charge in [0.2, 0.25) is 0 Å². The van der Waals surface area contributed by atoms with Crippen molar-refractivity contribution < 1.29 is 9.72 Å². The summed E-state index contributed by atoms with van der Waals surface area (Å²) in [6, 6.07) is 13.4. The monoisotopic (exact) mass is 325 g/mol. The van der Waals surface area contributed by atoms with Crippen LogP contribution in [-0.2, 0) is 5.41 Å². The summed E-state index contributed by atoms with van der Waals surface area (Å²) in [5.74, 6) is -0.499. The molecule has 24 heavy (non-hydrogen) atoms. The van der Waals surface area contributed by atoms with Crippen LogP contribution in [0.1, 0.15) is 42.3 Å². The summed E-state index contributed by atoms with van der Waals surface area (Å²) in [7, 11) is 0. The van der Waals surface area contributed by atoms with Crippen molar-refractivity contribution in [3.8, 4) is 0 Å². The van der Waals surface area contributed by atoms with E-state index in [1.807, 2.05) is 24.3 Å². The Morgan fingerprint density at radius 3 is 2.42 bits per heavy atom. The van der Waals surface area contributed by atoms with E-state index < -0.39 is 10.8 Å². The number of carbonyl (C=O) groups is 1. The lowest BCUT2D eigenvalue weighted by Crippen LogP contribution is -2.17. The highest BCUT2D eigenvalue weighted by atomic mass is 16.6. The predicted molar refractivity (Wildman–Crippen MR) is 93.3 cm³/mol. The summed E-state index contributed by atoms with van der Waals surface area (Å²) >= 11 is 0. The van der Waals surface area contributed by atoms with E-state index >= 15 is 0 Å². The molecule has 0 saturated carbocycles. The highest BCUT2D eigenvalue weighted by molar-refractivity contribution is 5.95. The van der Waals surface area contributed by atoms with Crippen molar-refractivity contribution in [1.82, 2.24) is 5.43 Å². The van der Waals surface area contributed by atoms with Gasteiger partial charge < -0.3 is 0 Å². The van der Waals surface area contributed by atoms with E-state index in [1.54, 1.807) is 0 Å². The number of non-ortho nitro benzene ring substituents is 1. The Labute approximate surface area is 140 Å². The van der Waals surface area contributed by atoms with E-state index in [9.17, 15) is 14.9 Å². The molecular formula is C18H19N3O3. The van der Waals surface area contributed by atoms with Gasteiger partial charge in [-0.25, -0.2) is 5.43 Å². The van der Waals surface area contributed by atoms with E-state index in [4.69, 9.17) is 0 Å². The first-order valence-electron chi connectivity index (χ1n) is 7.46. The van der Waals surface area contributed by atoms with Gasteiger partial charge in [0.25, 0.3) is 11.6 Å². The van der Waals surface area contributed by atoms with Crippen molar-refractivity contribution in [3.05, 3.63) is 75.3 Å². The zero-order valence-corrected chi connectivity index (χ0v) is 13.8. The molecule has 2 aromatic rings. The van der Waals surface area contributed by atoms with Gasteiger partial charge in [0, 0.05) is 17.7 Å². The normalized spacial score (nSPS) is 11.5. The summed E-state index contributed by atoms with van der Waals surface area (Å²) < 4.78 is 0. The summed E-state index contributed by atoms with van der Waals surface area (Å²) in [6.07, 6.45) is 1.53. The fourth-order valence-corrected chi connectivity index (χ4v) is 2.06. The number of hydrogen-bond donors (Lipinski definition) is 1. The molecule has 0 aliphatic rings. The lowest BCUT2D eigenvalue weighted by atomic mass is 9.87. The number of benzene rings is 2. The van der Waals surface area contributed by atoms with Crippen LogP contribution in [-0.4, -0.2) is 17.0 Å². The van der Waals surface area contributed by atoms with Crippen molar-refractivity contribution >= 4 is 17.8 Å². The average molecular weight is 325 g/mol. The minimum atomic E-state index is -0.545. The number of nitrogens with one attached hydrogen (secondary N) is 1. The molecule has 124 valence electrons. The third-order valence-corrected chi connectivity index (χ3v) is 3.48. The first kappa shape index (κ1) is 17.3. The molecule has 1 N–H and O–H groups in total. The van der Waals surface area contributed by atoms with Crippen LogP contribution in [0, 0.1) is 10.1 Å². The molecule has 0 bridgehead atoms. The minimum Gasteiger partial charge on any atom is -0.267 e. The van der Waals surface area contributed by atoms with Crippen molar-refractivity contribution in [2.75, 3.05) is 0 Å². The molecule has 0 spiro atoms. The van der Waals surface area contributed by atoms with Gasteiger partial charge in [0.1, 0.15) is 0 Å². The SMILES string of the molecule is CC(C)(C)c1ccc(/C=N\NC(=O)c2cccc([N+](=O)[O-])c2)cc1. The number of hydrogen-bond acceptors (Lipinski definition) is 4. The van der Waals surface area contributed by atoms with Crippen LogP contribution in [0.25, 0.3) is 0 Å². The van der Waals surface area contributed by atoms with E-state index in [0.717, 1.165) is 5.56 Å². The summed E-state index contributed by atoms with van der Waals surface area (Å²) in [5, 5.41) is 14.6. The van der Waals surface area contributed by atoms with Crippen LogP contribution < -0.4 is 5.43 Å². The number of nitro benzene ring substituents is 1. The van der Waals surface area contributed by atoms with E-state index in [1.165, 1.54) is 36.0 Å². The Morgan fingerprint density at radius 1 is 1.17 bits per heavy atom. The van der Waals surface area contributed by atoms with E-state index in [2.05, 4.69) is 31.3 Å². The van der Waals surface area contributed by atoms with Crippen LogP contribution in [0.3, 0.4) is 0 Å². The third kappa shape index (κ3) is 4.49. The number of nitro groups is 1. The Hall–Kier alpha value is -3.02. The number of nitrogens with zero attached hydrogens (tertiary/aromatic N) is 2. The molecule has 0 aliphatic carbocycles. The molecule has 0 aliphatic heterocycles. The van der Waals surface area contributed by atoms with Gasteiger partial charge in [-0.2, -0.15) is 5.10 Å². The second-order valence-corrected chi connectivity index (χ2v) is 6.38. The van der Waals surface area contributed by atoms with Gasteiger partial charge in [0.15, 0.2) is 0 Å². The molecule has 0 unspecified atom stereocenters. The van der Waals surface area contributed by atoms with Crippen molar-refractivity contribution in [2.45, 2.75) is 26.2 Å². The van der Waals surface area contributed by atoms with Crippen molar-refractivity contribution in [2.24, 2.45) is 5.10 Å². The number of rotatable bonds is 4. The van der Waals surface area contributed by atoms with Crippen LogP contribution in [0.5, 0.6) is 0 Å². The summed E-state index contributed by atoms with van der Waals surface area (Å²) in [5.41, 5.74) is 4.55. The lowest BCUT2D eigenvalue weighted by molar-refractivity contribution is -0.384. The molecule has 0 radical (unpaired) electrons. The van der Waals surface area contributed by atoms with E-state index in [0.29, 0.717) is 0 Å². The standard InChI is InChI=1S/C18H19N3O3/c1-18(2,3)15-9-7-13(8-10-15)12-19-20-17(22)14-5-4-6-16(11-14)21(23)24/h4-12H,1-3H3,(H,20,22)/b19-12-. The first-order chi connectivity index (χ1) is 11.3. The molecule has 1 amide bonds. The molecule has 0 heterocycles. The maximum Gasteiger partial charge on any atom is 0.271 e. The van der Waals surface area contributed by atoms with Gasteiger partial charge in [-0.05, 0) is 22.6 Å². The Balaban J connectivity index is 2.02. The van der Waals surface area contributed by atoms with Gasteiger partial charge in [-0.3, -0.25) is 14.9 Å². The minimum absolute atomic E-state index is 0.0753. The van der Waals surface area contributed by atoms with Crippen molar-refractivity contribution in [1.29, 1.82) is 0 Å². The van der Waals surface area contributed by atoms with Gasteiger partial charge in [0.05, 0.1) is 11.1 Å². The van der Waals surface area contributed by atoms with Crippen LogP contribution >= 0.6 is 0 Å².